The molecule has 0 unspecified atom stereocenters. The number of ether oxygens (including phenoxy) is 2. The summed E-state index contributed by atoms with van der Waals surface area (Å²) in [6.07, 6.45) is 1.81. The number of benzene rings is 1. The summed E-state index contributed by atoms with van der Waals surface area (Å²) in [4.78, 5) is 0. The summed E-state index contributed by atoms with van der Waals surface area (Å²) < 4.78 is 11.3. The molecule has 0 radical (unpaired) electrons. The molecule has 1 aromatic carbocycles. The van der Waals surface area contributed by atoms with Crippen molar-refractivity contribution in [2.75, 3.05) is 13.7 Å². The van der Waals surface area contributed by atoms with Crippen molar-refractivity contribution in [2.45, 2.75) is 32.3 Å². The van der Waals surface area contributed by atoms with E-state index in [0.717, 1.165) is 24.3 Å². The Kier molecular flexibility index (Phi) is 2.80. The number of rotatable bonds is 3. The molecule has 1 aliphatic heterocycles. The lowest BCUT2D eigenvalue weighted by Gasteiger charge is -2.17. The van der Waals surface area contributed by atoms with Gasteiger partial charge in [-0.15, -0.1) is 0 Å². The Balaban J connectivity index is 2.41. The first-order chi connectivity index (χ1) is 7.55. The normalized spacial score (nSPS) is 16.8. The Morgan fingerprint density at radius 1 is 1.44 bits per heavy atom. The molecule has 0 amide bonds. The zero-order chi connectivity index (χ0) is 11.8. The highest BCUT2D eigenvalue weighted by Crippen LogP contribution is 2.42. The Morgan fingerprint density at radius 2 is 2.19 bits per heavy atom. The molecule has 16 heavy (non-hydrogen) atoms. The van der Waals surface area contributed by atoms with Crippen LogP contribution in [0.2, 0.25) is 0 Å². The minimum Gasteiger partial charge on any atom is -0.493 e. The van der Waals surface area contributed by atoms with E-state index in [1.165, 1.54) is 11.1 Å². The second-order valence-electron chi connectivity index (χ2n) is 4.86. The van der Waals surface area contributed by atoms with Gasteiger partial charge >= 0.3 is 0 Å². The molecule has 0 spiro atoms. The fourth-order valence-corrected chi connectivity index (χ4v) is 2.20. The van der Waals surface area contributed by atoms with Gasteiger partial charge in [0.1, 0.15) is 5.60 Å². The van der Waals surface area contributed by atoms with Gasteiger partial charge in [0.05, 0.1) is 7.11 Å². The molecule has 0 aliphatic carbocycles. The van der Waals surface area contributed by atoms with Crippen LogP contribution in [0.25, 0.3) is 0 Å². The fourth-order valence-electron chi connectivity index (χ4n) is 2.20. The van der Waals surface area contributed by atoms with Crippen LogP contribution >= 0.6 is 0 Å². The van der Waals surface area contributed by atoms with Gasteiger partial charge in [-0.25, -0.2) is 0 Å². The molecule has 0 saturated heterocycles. The first-order valence-corrected chi connectivity index (χ1v) is 5.64. The van der Waals surface area contributed by atoms with Crippen molar-refractivity contribution in [1.29, 1.82) is 0 Å². The molecule has 1 aliphatic rings. The zero-order valence-corrected chi connectivity index (χ0v) is 10.2. The predicted octanol–water partition coefficient (Wildman–Crippen LogP) is 1.91. The van der Waals surface area contributed by atoms with Gasteiger partial charge in [0.25, 0.3) is 0 Å². The van der Waals surface area contributed by atoms with Gasteiger partial charge in [-0.2, -0.15) is 0 Å². The van der Waals surface area contributed by atoms with Crippen molar-refractivity contribution in [3.63, 3.8) is 0 Å². The molecular weight excluding hydrogens is 202 g/mol. The second kappa shape index (κ2) is 3.98. The molecular formula is C13H19NO2. The number of hydrogen-bond donors (Lipinski definition) is 1. The summed E-state index contributed by atoms with van der Waals surface area (Å²) in [7, 11) is 1.68. The number of methoxy groups -OCH3 is 1. The summed E-state index contributed by atoms with van der Waals surface area (Å²) in [5.74, 6) is 1.72. The molecule has 0 bridgehead atoms. The van der Waals surface area contributed by atoms with Gasteiger partial charge in [0.15, 0.2) is 11.5 Å². The Hall–Kier alpha value is -1.22. The lowest BCUT2D eigenvalue weighted by Crippen LogP contribution is -2.24. The third kappa shape index (κ3) is 2.00. The highest BCUT2D eigenvalue weighted by Gasteiger charge is 2.32. The Morgan fingerprint density at radius 3 is 2.81 bits per heavy atom. The first kappa shape index (κ1) is 11.3. The van der Waals surface area contributed by atoms with E-state index in [0.29, 0.717) is 6.54 Å². The lowest BCUT2D eigenvalue weighted by molar-refractivity contribution is 0.134. The molecule has 1 heterocycles. The van der Waals surface area contributed by atoms with Crippen LogP contribution in [0.1, 0.15) is 25.0 Å². The van der Waals surface area contributed by atoms with Crippen LogP contribution < -0.4 is 15.2 Å². The van der Waals surface area contributed by atoms with Gasteiger partial charge in [-0.3, -0.25) is 0 Å². The Labute approximate surface area is 96.5 Å². The van der Waals surface area contributed by atoms with Gasteiger partial charge in [-0.05, 0) is 38.4 Å². The minimum atomic E-state index is -0.128. The van der Waals surface area contributed by atoms with Crippen LogP contribution in [0.3, 0.4) is 0 Å². The summed E-state index contributed by atoms with van der Waals surface area (Å²) >= 11 is 0. The lowest BCUT2D eigenvalue weighted by atomic mass is 9.99. The molecule has 3 heteroatoms. The molecule has 0 fully saturated rings. The van der Waals surface area contributed by atoms with Crippen molar-refractivity contribution in [3.05, 3.63) is 23.3 Å². The zero-order valence-electron chi connectivity index (χ0n) is 10.2. The van der Waals surface area contributed by atoms with Crippen molar-refractivity contribution in [3.8, 4) is 11.5 Å². The van der Waals surface area contributed by atoms with Gasteiger partial charge < -0.3 is 15.2 Å². The predicted molar refractivity (Wildman–Crippen MR) is 64.2 cm³/mol. The second-order valence-corrected chi connectivity index (χ2v) is 4.86. The molecule has 0 atom stereocenters. The van der Waals surface area contributed by atoms with Crippen LogP contribution in [0.4, 0.5) is 0 Å². The van der Waals surface area contributed by atoms with Gasteiger partial charge in [-0.1, -0.05) is 6.07 Å². The maximum atomic E-state index is 5.89. The van der Waals surface area contributed by atoms with Crippen molar-refractivity contribution >= 4 is 0 Å². The van der Waals surface area contributed by atoms with Crippen LogP contribution in [-0.4, -0.2) is 19.3 Å². The maximum Gasteiger partial charge on any atom is 0.165 e. The fraction of sp³-hybridized carbons (Fsp3) is 0.538. The topological polar surface area (TPSA) is 44.5 Å². The number of fused-ring (bicyclic) bond motifs is 1. The number of nitrogens with two attached hydrogens (primary N) is 1. The summed E-state index contributed by atoms with van der Waals surface area (Å²) in [5.41, 5.74) is 7.90. The van der Waals surface area contributed by atoms with Crippen LogP contribution in [0.15, 0.2) is 12.1 Å². The molecule has 0 saturated carbocycles. The standard InChI is InChI=1S/C13H19NO2/c1-13(2)8-10-6-9(4-5-14)7-11(15-3)12(10)16-13/h6-7H,4-5,8,14H2,1-3H3. The molecule has 0 aromatic heterocycles. The smallest absolute Gasteiger partial charge is 0.165 e. The molecule has 88 valence electrons. The van der Waals surface area contributed by atoms with Crippen molar-refractivity contribution in [2.24, 2.45) is 5.73 Å². The average Bonchev–Trinajstić information content (AvgIpc) is 2.51. The van der Waals surface area contributed by atoms with Gasteiger partial charge in [0.2, 0.25) is 0 Å². The summed E-state index contributed by atoms with van der Waals surface area (Å²) in [6.45, 7) is 4.84. The first-order valence-electron chi connectivity index (χ1n) is 5.64. The van der Waals surface area contributed by atoms with Crippen molar-refractivity contribution < 1.29 is 9.47 Å². The van der Waals surface area contributed by atoms with E-state index in [4.69, 9.17) is 15.2 Å². The minimum absolute atomic E-state index is 0.128. The third-order valence-electron chi connectivity index (χ3n) is 2.84. The largest absolute Gasteiger partial charge is 0.493 e. The van der Waals surface area contributed by atoms with Gasteiger partial charge in [0, 0.05) is 12.0 Å². The van der Waals surface area contributed by atoms with E-state index in [1.807, 2.05) is 6.07 Å². The highest BCUT2D eigenvalue weighted by molar-refractivity contribution is 5.52. The van der Waals surface area contributed by atoms with E-state index in [1.54, 1.807) is 7.11 Å². The van der Waals surface area contributed by atoms with Crippen molar-refractivity contribution in [1.82, 2.24) is 0 Å². The number of hydrogen-bond acceptors (Lipinski definition) is 3. The quantitative estimate of drug-likeness (QED) is 0.848. The monoisotopic (exact) mass is 221 g/mol. The molecule has 2 N–H and O–H groups in total. The van der Waals surface area contributed by atoms with E-state index < -0.39 is 0 Å². The van der Waals surface area contributed by atoms with Crippen LogP contribution in [-0.2, 0) is 12.8 Å². The molecule has 1 aromatic rings. The summed E-state index contributed by atoms with van der Waals surface area (Å²) in [5, 5.41) is 0. The van der Waals surface area contributed by atoms with Crippen LogP contribution in [0, 0.1) is 0 Å². The molecule has 2 rings (SSSR count). The van der Waals surface area contributed by atoms with E-state index in [-0.39, 0.29) is 5.60 Å². The third-order valence-corrected chi connectivity index (χ3v) is 2.84. The molecule has 3 nitrogen and oxygen atoms in total. The van der Waals surface area contributed by atoms with Crippen LogP contribution in [0.5, 0.6) is 11.5 Å². The maximum absolute atomic E-state index is 5.89. The highest BCUT2D eigenvalue weighted by atomic mass is 16.5. The Bertz CT molecular complexity index is 399. The van der Waals surface area contributed by atoms with E-state index in [9.17, 15) is 0 Å². The van der Waals surface area contributed by atoms with E-state index >= 15 is 0 Å². The SMILES string of the molecule is COc1cc(CCN)cc2c1OC(C)(C)C2. The average molecular weight is 221 g/mol. The van der Waals surface area contributed by atoms with E-state index in [2.05, 4.69) is 19.9 Å². The summed E-state index contributed by atoms with van der Waals surface area (Å²) in [6, 6.07) is 4.20.